The molecule has 0 unspecified atom stereocenters. The minimum Gasteiger partial charge on any atom is -0.371 e. The normalized spacial score (nSPS) is 16.3. The molecule has 2 aliphatic rings. The van der Waals surface area contributed by atoms with Crippen LogP contribution >= 0.6 is 11.6 Å². The lowest BCUT2D eigenvalue weighted by Crippen LogP contribution is -2.46. The molecule has 2 fully saturated rings. The molecule has 0 saturated carbocycles. The summed E-state index contributed by atoms with van der Waals surface area (Å²) in [5.41, 5.74) is 3.91. The van der Waals surface area contributed by atoms with Crippen LogP contribution in [-0.4, -0.2) is 55.0 Å². The largest absolute Gasteiger partial charge is 0.371 e. The molecule has 2 aliphatic heterocycles. The Balaban J connectivity index is 1.22. The third-order valence-corrected chi connectivity index (χ3v) is 7.72. The number of nitrogens with one attached hydrogen (secondary N) is 1. The molecule has 0 spiro atoms. The average molecular weight is 534 g/mol. The van der Waals surface area contributed by atoms with Crippen LogP contribution in [0.5, 0.6) is 0 Å². The Morgan fingerprint density at radius 2 is 1.58 bits per heavy atom. The smallest absolute Gasteiger partial charge is 0.270 e. The van der Waals surface area contributed by atoms with Crippen LogP contribution in [0.25, 0.3) is 0 Å². The van der Waals surface area contributed by atoms with Gasteiger partial charge in [-0.05, 0) is 61.2 Å². The van der Waals surface area contributed by atoms with Crippen molar-refractivity contribution in [2.45, 2.75) is 25.8 Å². The van der Waals surface area contributed by atoms with Crippen molar-refractivity contribution in [2.24, 2.45) is 0 Å². The molecule has 0 radical (unpaired) electrons. The Hall–Kier alpha value is -3.62. The number of nitro benzene ring substituents is 1. The summed E-state index contributed by atoms with van der Waals surface area (Å²) < 4.78 is 0. The molecule has 0 atom stereocenters. The summed E-state index contributed by atoms with van der Waals surface area (Å²) >= 11 is 6.33. The van der Waals surface area contributed by atoms with Crippen molar-refractivity contribution in [1.82, 2.24) is 4.90 Å². The van der Waals surface area contributed by atoms with E-state index >= 15 is 0 Å². The fourth-order valence-electron chi connectivity index (χ4n) is 5.22. The molecule has 5 rings (SSSR count). The van der Waals surface area contributed by atoms with Crippen molar-refractivity contribution in [1.29, 1.82) is 0 Å². The Morgan fingerprint density at radius 1 is 0.868 bits per heavy atom. The number of amides is 1. The number of hydrogen-bond donors (Lipinski definition) is 1. The van der Waals surface area contributed by atoms with Gasteiger partial charge in [-0.25, -0.2) is 0 Å². The zero-order chi connectivity index (χ0) is 26.5. The first-order valence-corrected chi connectivity index (χ1v) is 13.5. The van der Waals surface area contributed by atoms with Gasteiger partial charge in [0.2, 0.25) is 0 Å². The second-order valence-electron chi connectivity index (χ2n) is 9.86. The van der Waals surface area contributed by atoms with Crippen LogP contribution in [0, 0.1) is 10.1 Å². The third kappa shape index (κ3) is 6.09. The van der Waals surface area contributed by atoms with Crippen LogP contribution in [0.15, 0.2) is 66.7 Å². The van der Waals surface area contributed by atoms with Crippen molar-refractivity contribution in [3.8, 4) is 0 Å². The molecule has 2 saturated heterocycles. The van der Waals surface area contributed by atoms with Crippen LogP contribution < -0.4 is 15.1 Å². The maximum Gasteiger partial charge on any atom is 0.270 e. The fraction of sp³-hybridized carbons (Fsp3) is 0.345. The van der Waals surface area contributed by atoms with Crippen LogP contribution in [-0.2, 0) is 6.54 Å². The molecule has 1 N–H and O–H groups in total. The number of anilines is 3. The van der Waals surface area contributed by atoms with E-state index in [2.05, 4.69) is 26.1 Å². The predicted molar refractivity (Wildman–Crippen MR) is 152 cm³/mol. The number of carbonyl (C=O) groups excluding carboxylic acids is 1. The summed E-state index contributed by atoms with van der Waals surface area (Å²) in [5, 5.41) is 15.1. The SMILES string of the molecule is O=C(Nc1ccc(N2CCN(Cc3ccccc3Cl)CC2)cc1)c1cc([N+](=O)[O-])ccc1N1CCCCC1. The quantitative estimate of drug-likeness (QED) is 0.305. The van der Waals surface area contributed by atoms with Crippen LogP contribution in [0.4, 0.5) is 22.7 Å². The topological polar surface area (TPSA) is 82.0 Å². The molecule has 0 aliphatic carbocycles. The zero-order valence-corrected chi connectivity index (χ0v) is 22.1. The summed E-state index contributed by atoms with van der Waals surface area (Å²) in [6.07, 6.45) is 3.26. The lowest BCUT2D eigenvalue weighted by Gasteiger charge is -2.36. The molecule has 8 nitrogen and oxygen atoms in total. The third-order valence-electron chi connectivity index (χ3n) is 7.35. The maximum atomic E-state index is 13.3. The van der Waals surface area contributed by atoms with E-state index < -0.39 is 4.92 Å². The van der Waals surface area contributed by atoms with E-state index in [0.717, 1.165) is 87.0 Å². The van der Waals surface area contributed by atoms with E-state index in [4.69, 9.17) is 11.6 Å². The first kappa shape index (κ1) is 26.0. The molecule has 9 heteroatoms. The van der Waals surface area contributed by atoms with Crippen molar-refractivity contribution in [3.63, 3.8) is 0 Å². The monoisotopic (exact) mass is 533 g/mol. The Morgan fingerprint density at radius 3 is 2.26 bits per heavy atom. The van der Waals surface area contributed by atoms with Gasteiger partial charge in [0.05, 0.1) is 16.2 Å². The lowest BCUT2D eigenvalue weighted by atomic mass is 10.1. The molecule has 0 bridgehead atoms. The van der Waals surface area contributed by atoms with Crippen molar-refractivity contribution >= 4 is 40.3 Å². The molecular weight excluding hydrogens is 502 g/mol. The number of non-ortho nitro benzene ring substituents is 1. The van der Waals surface area contributed by atoms with E-state index in [9.17, 15) is 14.9 Å². The second kappa shape index (κ2) is 11.8. The molecule has 3 aromatic rings. The van der Waals surface area contributed by atoms with Gasteiger partial charge in [-0.3, -0.25) is 19.8 Å². The molecule has 38 heavy (non-hydrogen) atoms. The van der Waals surface area contributed by atoms with Gasteiger partial charge in [-0.1, -0.05) is 29.8 Å². The van der Waals surface area contributed by atoms with Gasteiger partial charge in [0.25, 0.3) is 11.6 Å². The number of piperidine rings is 1. The number of nitrogens with zero attached hydrogens (tertiary/aromatic N) is 4. The van der Waals surface area contributed by atoms with E-state index in [1.54, 1.807) is 6.07 Å². The summed E-state index contributed by atoms with van der Waals surface area (Å²) in [6, 6.07) is 20.3. The minimum atomic E-state index is -0.459. The summed E-state index contributed by atoms with van der Waals surface area (Å²) in [5.74, 6) is -0.338. The van der Waals surface area contributed by atoms with Gasteiger partial charge in [0.1, 0.15) is 0 Å². The van der Waals surface area contributed by atoms with Crippen molar-refractivity contribution < 1.29 is 9.72 Å². The lowest BCUT2D eigenvalue weighted by molar-refractivity contribution is -0.384. The number of piperazine rings is 1. The average Bonchev–Trinajstić information content (AvgIpc) is 2.95. The number of carbonyl (C=O) groups is 1. The van der Waals surface area contributed by atoms with E-state index in [-0.39, 0.29) is 11.6 Å². The van der Waals surface area contributed by atoms with Crippen molar-refractivity contribution in [2.75, 3.05) is 54.4 Å². The van der Waals surface area contributed by atoms with Crippen LogP contribution in [0.1, 0.15) is 35.2 Å². The molecule has 3 aromatic carbocycles. The Kier molecular flexibility index (Phi) is 8.10. The fourth-order valence-corrected chi connectivity index (χ4v) is 5.41. The Labute approximate surface area is 227 Å². The molecular formula is C29H32ClN5O3. The van der Waals surface area contributed by atoms with E-state index in [0.29, 0.717) is 11.3 Å². The van der Waals surface area contributed by atoms with Crippen molar-refractivity contribution in [3.05, 3.63) is 93.0 Å². The van der Waals surface area contributed by atoms with Gasteiger partial charge in [-0.15, -0.1) is 0 Å². The highest BCUT2D eigenvalue weighted by Gasteiger charge is 2.23. The predicted octanol–water partition coefficient (Wildman–Crippen LogP) is 5.81. The first-order valence-electron chi connectivity index (χ1n) is 13.1. The van der Waals surface area contributed by atoms with Gasteiger partial charge >= 0.3 is 0 Å². The summed E-state index contributed by atoms with van der Waals surface area (Å²) in [6.45, 7) is 6.23. The second-order valence-corrected chi connectivity index (χ2v) is 10.3. The molecule has 0 aromatic heterocycles. The number of rotatable bonds is 7. The van der Waals surface area contributed by atoms with Gasteiger partial charge in [0, 0.05) is 74.3 Å². The summed E-state index contributed by atoms with van der Waals surface area (Å²) in [4.78, 5) is 31.1. The highest BCUT2D eigenvalue weighted by molar-refractivity contribution is 6.31. The number of benzene rings is 3. The molecule has 1 amide bonds. The molecule has 2 heterocycles. The number of hydrogen-bond acceptors (Lipinski definition) is 6. The minimum absolute atomic E-state index is 0.0834. The summed E-state index contributed by atoms with van der Waals surface area (Å²) in [7, 11) is 0. The standard InChI is InChI=1S/C29H32ClN5O3/c30-27-7-3-2-6-22(27)21-32-16-18-33(19-17-32)24-10-8-23(9-11-24)31-29(36)26-20-25(35(37)38)12-13-28(26)34-14-4-1-5-15-34/h2-3,6-13,20H,1,4-5,14-19,21H2,(H,31,36). The first-order chi connectivity index (χ1) is 18.5. The number of halogens is 1. The van der Waals surface area contributed by atoms with Crippen LogP contribution in [0.2, 0.25) is 5.02 Å². The molecule has 198 valence electrons. The van der Waals surface area contributed by atoms with Gasteiger partial charge in [0.15, 0.2) is 0 Å². The highest BCUT2D eigenvalue weighted by atomic mass is 35.5. The Bertz CT molecular complexity index is 1290. The van der Waals surface area contributed by atoms with E-state index in [1.807, 2.05) is 42.5 Å². The van der Waals surface area contributed by atoms with Gasteiger partial charge < -0.3 is 15.1 Å². The maximum absolute atomic E-state index is 13.3. The van der Waals surface area contributed by atoms with Crippen LogP contribution in [0.3, 0.4) is 0 Å². The zero-order valence-electron chi connectivity index (χ0n) is 21.3. The number of nitro groups is 1. The highest BCUT2D eigenvalue weighted by Crippen LogP contribution is 2.29. The van der Waals surface area contributed by atoms with Gasteiger partial charge in [-0.2, -0.15) is 0 Å². The van der Waals surface area contributed by atoms with E-state index in [1.165, 1.54) is 12.1 Å².